The number of phosphoric acid groups is 1. The monoisotopic (exact) mass is 684 g/mol. The van der Waals surface area contributed by atoms with E-state index in [4.69, 9.17) is 18.5 Å². The van der Waals surface area contributed by atoms with Crippen LogP contribution in [0.2, 0.25) is 0 Å². The third-order valence-electron chi connectivity index (χ3n) is 8.48. The lowest BCUT2D eigenvalue weighted by Crippen LogP contribution is -2.64. The van der Waals surface area contributed by atoms with Gasteiger partial charge in [-0.25, -0.2) is 4.57 Å². The molecule has 274 valence electrons. The van der Waals surface area contributed by atoms with E-state index < -0.39 is 63.1 Å². The molecule has 1 aliphatic carbocycles. The van der Waals surface area contributed by atoms with Gasteiger partial charge in [-0.1, -0.05) is 123 Å². The molecule has 12 nitrogen and oxygen atoms in total. The molecule has 1 rings (SSSR count). The van der Waals surface area contributed by atoms with Gasteiger partial charge in [0.15, 0.2) is 0 Å². The van der Waals surface area contributed by atoms with Gasteiger partial charge >= 0.3 is 13.8 Å². The van der Waals surface area contributed by atoms with Crippen molar-refractivity contribution < 1.29 is 58.3 Å². The number of ether oxygens (including phenoxy) is 2. The first-order valence-electron chi connectivity index (χ1n) is 17.9. The van der Waals surface area contributed by atoms with Crippen molar-refractivity contribution in [2.75, 3.05) is 19.8 Å². The average Bonchev–Trinajstić information content (AvgIpc) is 3.03. The summed E-state index contributed by atoms with van der Waals surface area (Å²) in [7, 11) is -4.99. The predicted molar refractivity (Wildman–Crippen MR) is 175 cm³/mol. The van der Waals surface area contributed by atoms with Crippen molar-refractivity contribution in [1.29, 1.82) is 0 Å². The average molecular weight is 685 g/mol. The number of phosphoric ester groups is 1. The van der Waals surface area contributed by atoms with Crippen LogP contribution in [0.3, 0.4) is 0 Å². The number of aliphatic hydroxyl groups excluding tert-OH is 5. The summed E-state index contributed by atoms with van der Waals surface area (Å²) in [6.45, 7) is 4.17. The summed E-state index contributed by atoms with van der Waals surface area (Å²) in [5.74, 6) is -0.483. The normalized spacial score (nSPS) is 25.3. The molecule has 0 spiro atoms. The zero-order chi connectivity index (χ0) is 34.2. The van der Waals surface area contributed by atoms with E-state index >= 15 is 0 Å². The third kappa shape index (κ3) is 19.4. The fourth-order valence-electron chi connectivity index (χ4n) is 5.53. The lowest BCUT2D eigenvalue weighted by Gasteiger charge is -2.41. The Hall–Kier alpha value is -0.660. The standard InChI is InChI=1S/C33H65O12P/c1-3-5-7-9-11-12-13-14-15-17-19-21-23-42-24-26(44-27(34)22-20-18-16-10-8-6-4-2)25-43-46(40,41)45-33-31(38)29(36)28(35)30(37)32(33)39/h26,28-33,35-39H,3-25H2,1-2H3,(H,40,41). The molecule has 0 aromatic carbocycles. The molecule has 1 saturated carbocycles. The van der Waals surface area contributed by atoms with Crippen LogP contribution in [0, 0.1) is 0 Å². The number of hydrogen-bond acceptors (Lipinski definition) is 11. The minimum Gasteiger partial charge on any atom is -0.457 e. The Bertz CT molecular complexity index is 787. The Morgan fingerprint density at radius 3 is 1.50 bits per heavy atom. The molecule has 0 aromatic rings. The fourth-order valence-corrected chi connectivity index (χ4v) is 6.50. The van der Waals surface area contributed by atoms with Gasteiger partial charge in [-0.15, -0.1) is 0 Å². The summed E-state index contributed by atoms with van der Waals surface area (Å²) < 4.78 is 33.8. The first-order chi connectivity index (χ1) is 22.0. The minimum absolute atomic E-state index is 0.0703. The summed E-state index contributed by atoms with van der Waals surface area (Å²) in [4.78, 5) is 22.8. The number of rotatable bonds is 29. The number of unbranched alkanes of at least 4 members (excludes halogenated alkanes) is 17. The van der Waals surface area contributed by atoms with E-state index in [9.17, 15) is 39.8 Å². The van der Waals surface area contributed by atoms with Gasteiger partial charge in [-0.05, 0) is 12.8 Å². The number of carbonyl (C=O) groups excluding carboxylic acids is 1. The van der Waals surface area contributed by atoms with Crippen molar-refractivity contribution in [2.24, 2.45) is 0 Å². The minimum atomic E-state index is -4.99. The van der Waals surface area contributed by atoms with Crippen molar-refractivity contribution in [3.8, 4) is 0 Å². The molecule has 6 atom stereocenters. The highest BCUT2D eigenvalue weighted by Crippen LogP contribution is 2.47. The second kappa shape index (κ2) is 26.2. The molecule has 1 fully saturated rings. The Labute approximate surface area is 276 Å². The highest BCUT2D eigenvalue weighted by Gasteiger charge is 2.51. The highest BCUT2D eigenvalue weighted by molar-refractivity contribution is 7.47. The topological polar surface area (TPSA) is 192 Å². The quantitative estimate of drug-likeness (QED) is 0.0348. The maximum absolute atomic E-state index is 12.7. The SMILES string of the molecule is CCCCCCCCCCCCCCOCC(COP(=O)(O)OC1C(O)C(O)C(O)C(O)C1O)OC(=O)CCCCCCCCC. The maximum atomic E-state index is 12.7. The van der Waals surface area contributed by atoms with Gasteiger partial charge < -0.3 is 39.9 Å². The van der Waals surface area contributed by atoms with E-state index in [1.807, 2.05) is 0 Å². The Balaban J connectivity index is 2.48. The molecule has 0 aliphatic heterocycles. The smallest absolute Gasteiger partial charge is 0.457 e. The van der Waals surface area contributed by atoms with Gasteiger partial charge in [0.1, 0.15) is 42.7 Å². The molecule has 0 radical (unpaired) electrons. The molecule has 13 heteroatoms. The Morgan fingerprint density at radius 1 is 0.609 bits per heavy atom. The van der Waals surface area contributed by atoms with E-state index in [0.29, 0.717) is 13.0 Å². The van der Waals surface area contributed by atoms with Crippen LogP contribution >= 0.6 is 7.82 Å². The van der Waals surface area contributed by atoms with Gasteiger partial charge in [0.05, 0.1) is 13.2 Å². The van der Waals surface area contributed by atoms with Gasteiger partial charge in [0.25, 0.3) is 0 Å². The van der Waals surface area contributed by atoms with Crippen molar-refractivity contribution in [3.63, 3.8) is 0 Å². The molecule has 0 bridgehead atoms. The molecule has 0 aromatic heterocycles. The highest BCUT2D eigenvalue weighted by atomic mass is 31.2. The molecular weight excluding hydrogens is 619 g/mol. The van der Waals surface area contributed by atoms with Crippen LogP contribution in [0.4, 0.5) is 0 Å². The fraction of sp³-hybridized carbons (Fsp3) is 0.970. The van der Waals surface area contributed by atoms with Crippen LogP contribution in [-0.2, 0) is 27.9 Å². The zero-order valence-electron chi connectivity index (χ0n) is 28.4. The molecular formula is C33H65O12P. The lowest BCUT2D eigenvalue weighted by molar-refractivity contribution is -0.220. The Kier molecular flexibility index (Phi) is 24.7. The first-order valence-corrected chi connectivity index (χ1v) is 19.4. The van der Waals surface area contributed by atoms with Crippen LogP contribution in [0.1, 0.15) is 142 Å². The Morgan fingerprint density at radius 2 is 1.02 bits per heavy atom. The van der Waals surface area contributed by atoms with Gasteiger partial charge in [0.2, 0.25) is 0 Å². The lowest BCUT2D eigenvalue weighted by atomic mass is 9.85. The van der Waals surface area contributed by atoms with Crippen molar-refractivity contribution in [3.05, 3.63) is 0 Å². The summed E-state index contributed by atoms with van der Waals surface area (Å²) in [5, 5.41) is 49.7. The molecule has 0 saturated heterocycles. The maximum Gasteiger partial charge on any atom is 0.472 e. The van der Waals surface area contributed by atoms with E-state index in [1.54, 1.807) is 0 Å². The van der Waals surface area contributed by atoms with Gasteiger partial charge in [-0.3, -0.25) is 13.8 Å². The molecule has 46 heavy (non-hydrogen) atoms. The molecule has 1 aliphatic rings. The van der Waals surface area contributed by atoms with Crippen molar-refractivity contribution >= 4 is 13.8 Å². The number of esters is 1. The van der Waals surface area contributed by atoms with Crippen LogP contribution in [-0.4, -0.2) is 98.9 Å². The van der Waals surface area contributed by atoms with Crippen LogP contribution in [0.25, 0.3) is 0 Å². The van der Waals surface area contributed by atoms with E-state index in [0.717, 1.165) is 44.9 Å². The van der Waals surface area contributed by atoms with E-state index in [-0.39, 0.29) is 13.0 Å². The van der Waals surface area contributed by atoms with Crippen LogP contribution in [0.15, 0.2) is 0 Å². The predicted octanol–water partition coefficient (Wildman–Crippen LogP) is 5.08. The summed E-state index contributed by atoms with van der Waals surface area (Å²) >= 11 is 0. The summed E-state index contributed by atoms with van der Waals surface area (Å²) in [6, 6.07) is 0. The number of carbonyl (C=O) groups is 1. The molecule has 0 heterocycles. The summed E-state index contributed by atoms with van der Waals surface area (Å²) in [6.07, 6.45) is 9.32. The first kappa shape index (κ1) is 43.4. The number of aliphatic hydroxyl groups is 5. The molecule has 6 unspecified atom stereocenters. The van der Waals surface area contributed by atoms with E-state index in [2.05, 4.69) is 13.8 Å². The van der Waals surface area contributed by atoms with Crippen LogP contribution in [0.5, 0.6) is 0 Å². The molecule has 6 N–H and O–H groups in total. The molecule has 0 amide bonds. The largest absolute Gasteiger partial charge is 0.472 e. The van der Waals surface area contributed by atoms with Crippen LogP contribution < -0.4 is 0 Å². The van der Waals surface area contributed by atoms with Gasteiger partial charge in [0, 0.05) is 13.0 Å². The second-order valence-electron chi connectivity index (χ2n) is 12.7. The number of hydrogen-bond donors (Lipinski definition) is 6. The van der Waals surface area contributed by atoms with Crippen molar-refractivity contribution in [2.45, 2.75) is 185 Å². The summed E-state index contributed by atoms with van der Waals surface area (Å²) in [5.41, 5.74) is 0. The van der Waals surface area contributed by atoms with Gasteiger partial charge in [-0.2, -0.15) is 0 Å². The second-order valence-corrected chi connectivity index (χ2v) is 14.1. The third-order valence-corrected chi connectivity index (χ3v) is 9.47. The van der Waals surface area contributed by atoms with E-state index in [1.165, 1.54) is 70.6 Å². The zero-order valence-corrected chi connectivity index (χ0v) is 29.3. The van der Waals surface area contributed by atoms with Crippen molar-refractivity contribution in [1.82, 2.24) is 0 Å².